The molecular formula is C6H10O2Si2. The van der Waals surface area contributed by atoms with E-state index in [2.05, 4.69) is 0 Å². The molecule has 0 aromatic heterocycles. The van der Waals surface area contributed by atoms with Crippen molar-refractivity contribution in [2.24, 2.45) is 0 Å². The Hall–Kier alpha value is -0.586. The van der Waals surface area contributed by atoms with Gasteiger partial charge in [0, 0.05) is 0 Å². The molecule has 4 heteroatoms. The molecule has 0 atom stereocenters. The second kappa shape index (κ2) is 4.26. The summed E-state index contributed by atoms with van der Waals surface area (Å²) < 4.78 is 10.3. The standard InChI is InChI=1S/C6H10O2Si2/c9-8-10-7-6-4-2-1-3-5-6/h1-5H,10H2,9H3. The normalized spacial score (nSPS) is 10.8. The minimum absolute atomic E-state index is 0.715. The molecule has 1 aromatic carbocycles. The van der Waals surface area contributed by atoms with Crippen LogP contribution in [0.5, 0.6) is 5.75 Å². The van der Waals surface area contributed by atoms with Crippen molar-refractivity contribution in [1.82, 2.24) is 0 Å². The van der Waals surface area contributed by atoms with Crippen LogP contribution in [0.1, 0.15) is 0 Å². The number of para-hydroxylation sites is 1. The van der Waals surface area contributed by atoms with Crippen LogP contribution in [0.15, 0.2) is 30.3 Å². The Morgan fingerprint density at radius 2 is 1.90 bits per heavy atom. The third kappa shape index (κ3) is 2.34. The van der Waals surface area contributed by atoms with E-state index in [0.717, 1.165) is 16.2 Å². The Morgan fingerprint density at radius 1 is 1.20 bits per heavy atom. The number of rotatable bonds is 3. The Balaban J connectivity index is 2.43. The van der Waals surface area contributed by atoms with Crippen molar-refractivity contribution in [3.05, 3.63) is 30.3 Å². The van der Waals surface area contributed by atoms with Crippen molar-refractivity contribution in [1.29, 1.82) is 0 Å². The minimum atomic E-state index is -0.715. The van der Waals surface area contributed by atoms with E-state index >= 15 is 0 Å². The van der Waals surface area contributed by atoms with Gasteiger partial charge in [-0.25, -0.2) is 0 Å². The summed E-state index contributed by atoms with van der Waals surface area (Å²) in [6.45, 7) is 0. The zero-order valence-electron chi connectivity index (χ0n) is 5.91. The Labute approximate surface area is 65.8 Å². The van der Waals surface area contributed by atoms with Crippen molar-refractivity contribution in [3.8, 4) is 5.75 Å². The van der Waals surface area contributed by atoms with Gasteiger partial charge in [-0.1, -0.05) is 18.2 Å². The van der Waals surface area contributed by atoms with Crippen LogP contribution >= 0.6 is 0 Å². The summed E-state index contributed by atoms with van der Waals surface area (Å²) in [4.78, 5) is 0. The highest BCUT2D eigenvalue weighted by molar-refractivity contribution is 6.28. The van der Waals surface area contributed by atoms with Gasteiger partial charge in [0.2, 0.25) is 0 Å². The largest absolute Gasteiger partial charge is 0.525 e. The fourth-order valence-electron chi connectivity index (χ4n) is 0.644. The first kappa shape index (κ1) is 7.52. The van der Waals surface area contributed by atoms with E-state index in [1.54, 1.807) is 0 Å². The smallest absolute Gasteiger partial charge is 0.355 e. The lowest BCUT2D eigenvalue weighted by atomic mass is 10.3. The van der Waals surface area contributed by atoms with E-state index in [1.807, 2.05) is 30.3 Å². The first-order valence-electron chi connectivity index (χ1n) is 3.10. The molecule has 0 saturated carbocycles. The van der Waals surface area contributed by atoms with Gasteiger partial charge in [0.1, 0.15) is 16.2 Å². The molecule has 2 nitrogen and oxygen atoms in total. The van der Waals surface area contributed by atoms with E-state index < -0.39 is 10.0 Å². The molecule has 0 radical (unpaired) electrons. The zero-order chi connectivity index (χ0) is 7.23. The van der Waals surface area contributed by atoms with Crippen molar-refractivity contribution >= 4 is 20.5 Å². The number of hydrogen-bond donors (Lipinski definition) is 0. The maximum absolute atomic E-state index is 5.31. The van der Waals surface area contributed by atoms with Gasteiger partial charge >= 0.3 is 10.0 Å². The predicted molar refractivity (Wildman–Crippen MR) is 46.6 cm³/mol. The molecular weight excluding hydrogens is 160 g/mol. The zero-order valence-corrected chi connectivity index (χ0v) is 9.32. The van der Waals surface area contributed by atoms with Crippen LogP contribution in [0.4, 0.5) is 0 Å². The lowest BCUT2D eigenvalue weighted by molar-refractivity contribution is 0.483. The maximum Gasteiger partial charge on any atom is 0.355 e. The molecule has 0 aliphatic rings. The first-order valence-corrected chi connectivity index (χ1v) is 5.07. The van der Waals surface area contributed by atoms with Gasteiger partial charge in [0.15, 0.2) is 0 Å². The van der Waals surface area contributed by atoms with Crippen molar-refractivity contribution in [3.63, 3.8) is 0 Å². The van der Waals surface area contributed by atoms with Crippen LogP contribution in [-0.4, -0.2) is 20.5 Å². The molecule has 54 valence electrons. The van der Waals surface area contributed by atoms with Crippen LogP contribution in [0.2, 0.25) is 0 Å². The van der Waals surface area contributed by atoms with Gasteiger partial charge < -0.3 is 8.54 Å². The highest BCUT2D eigenvalue weighted by Gasteiger charge is 1.87. The van der Waals surface area contributed by atoms with Gasteiger partial charge in [-0.05, 0) is 12.1 Å². The number of benzene rings is 1. The summed E-state index contributed by atoms with van der Waals surface area (Å²) >= 11 is 0. The molecule has 0 saturated heterocycles. The highest BCUT2D eigenvalue weighted by Crippen LogP contribution is 2.06. The first-order chi connectivity index (χ1) is 4.93. The van der Waals surface area contributed by atoms with E-state index in [1.165, 1.54) is 0 Å². The van der Waals surface area contributed by atoms with Crippen LogP contribution in [-0.2, 0) is 4.12 Å². The SMILES string of the molecule is [SiH3]O[SiH2]Oc1ccccc1. The molecule has 0 bridgehead atoms. The van der Waals surface area contributed by atoms with Gasteiger partial charge in [0.05, 0.1) is 0 Å². The molecule has 0 amide bonds. The molecule has 1 aromatic rings. The van der Waals surface area contributed by atoms with Gasteiger partial charge in [-0.15, -0.1) is 0 Å². The Bertz CT molecular complexity index is 178. The highest BCUT2D eigenvalue weighted by atomic mass is 28.3. The quantitative estimate of drug-likeness (QED) is 0.562. The fraction of sp³-hybridized carbons (Fsp3) is 0. The van der Waals surface area contributed by atoms with E-state index in [0.29, 0.717) is 0 Å². The summed E-state index contributed by atoms with van der Waals surface area (Å²) in [5, 5.41) is 0. The average Bonchev–Trinajstić information content (AvgIpc) is 2.03. The topological polar surface area (TPSA) is 18.5 Å². The van der Waals surface area contributed by atoms with E-state index in [9.17, 15) is 0 Å². The van der Waals surface area contributed by atoms with Crippen LogP contribution in [0, 0.1) is 0 Å². The molecule has 0 N–H and O–H groups in total. The summed E-state index contributed by atoms with van der Waals surface area (Å²) in [7, 11) is 0.0717. The third-order valence-corrected chi connectivity index (χ3v) is 2.48. The minimum Gasteiger partial charge on any atom is -0.525 e. The second-order valence-corrected chi connectivity index (χ2v) is 4.70. The lowest BCUT2D eigenvalue weighted by Gasteiger charge is -2.02. The molecule has 0 spiro atoms. The van der Waals surface area contributed by atoms with Crippen molar-refractivity contribution in [2.45, 2.75) is 0 Å². The third-order valence-electron chi connectivity index (χ3n) is 1.09. The monoisotopic (exact) mass is 170 g/mol. The Kier molecular flexibility index (Phi) is 3.21. The van der Waals surface area contributed by atoms with Gasteiger partial charge in [0.25, 0.3) is 0 Å². The molecule has 10 heavy (non-hydrogen) atoms. The molecule has 0 fully saturated rings. The summed E-state index contributed by atoms with van der Waals surface area (Å²) in [5.41, 5.74) is 0. The molecule has 0 aliphatic carbocycles. The molecule has 0 unspecified atom stereocenters. The van der Waals surface area contributed by atoms with Crippen molar-refractivity contribution in [2.75, 3.05) is 0 Å². The maximum atomic E-state index is 5.31. The van der Waals surface area contributed by atoms with Crippen LogP contribution < -0.4 is 4.43 Å². The lowest BCUT2D eigenvalue weighted by Crippen LogP contribution is -2.04. The summed E-state index contributed by atoms with van der Waals surface area (Å²) in [6, 6.07) is 9.75. The summed E-state index contributed by atoms with van der Waals surface area (Å²) in [5.74, 6) is 0.921. The van der Waals surface area contributed by atoms with E-state index in [-0.39, 0.29) is 0 Å². The molecule has 1 rings (SSSR count). The van der Waals surface area contributed by atoms with Crippen LogP contribution in [0.25, 0.3) is 0 Å². The van der Waals surface area contributed by atoms with E-state index in [4.69, 9.17) is 8.54 Å². The van der Waals surface area contributed by atoms with Crippen molar-refractivity contribution < 1.29 is 8.54 Å². The summed E-state index contributed by atoms with van der Waals surface area (Å²) in [6.07, 6.45) is 0. The fourth-order valence-corrected chi connectivity index (χ4v) is 1.44. The number of hydrogen-bond acceptors (Lipinski definition) is 2. The van der Waals surface area contributed by atoms with Gasteiger partial charge in [-0.2, -0.15) is 0 Å². The predicted octanol–water partition coefficient (Wildman–Crippen LogP) is -0.639. The average molecular weight is 170 g/mol. The Morgan fingerprint density at radius 3 is 2.50 bits per heavy atom. The second-order valence-electron chi connectivity index (χ2n) is 1.86. The van der Waals surface area contributed by atoms with Gasteiger partial charge in [-0.3, -0.25) is 0 Å². The van der Waals surface area contributed by atoms with Crippen LogP contribution in [0.3, 0.4) is 0 Å². The molecule has 0 aliphatic heterocycles. The molecule has 0 heterocycles.